The Morgan fingerprint density at radius 3 is 2.30 bits per heavy atom. The highest BCUT2D eigenvalue weighted by Crippen LogP contribution is 2.35. The fourth-order valence-corrected chi connectivity index (χ4v) is 2.39. The van der Waals surface area contributed by atoms with Crippen LogP contribution in [0.15, 0.2) is 28.7 Å². The average molecular weight is 296 g/mol. The molecule has 0 radical (unpaired) electrons. The van der Waals surface area contributed by atoms with Gasteiger partial charge in [-0.15, -0.1) is 0 Å². The Morgan fingerprint density at radius 2 is 1.80 bits per heavy atom. The van der Waals surface area contributed by atoms with Crippen LogP contribution in [0.2, 0.25) is 5.22 Å². The third-order valence-electron chi connectivity index (χ3n) is 3.25. The zero-order chi connectivity index (χ0) is 14.7. The van der Waals surface area contributed by atoms with E-state index in [2.05, 4.69) is 5.32 Å². The van der Waals surface area contributed by atoms with Gasteiger partial charge >= 0.3 is 0 Å². The van der Waals surface area contributed by atoms with Crippen molar-refractivity contribution in [3.63, 3.8) is 0 Å². The second kappa shape index (κ2) is 6.20. The van der Waals surface area contributed by atoms with Crippen LogP contribution >= 0.6 is 11.6 Å². The lowest BCUT2D eigenvalue weighted by Gasteiger charge is -2.19. The molecule has 1 heterocycles. The molecule has 1 atom stereocenters. The molecular weight excluding hydrogens is 278 g/mol. The quantitative estimate of drug-likeness (QED) is 0.916. The Kier molecular flexibility index (Phi) is 4.57. The second-order valence-electron chi connectivity index (χ2n) is 4.43. The van der Waals surface area contributed by atoms with Gasteiger partial charge < -0.3 is 19.2 Å². The number of rotatable bonds is 5. The summed E-state index contributed by atoms with van der Waals surface area (Å²) in [4.78, 5) is 0. The van der Waals surface area contributed by atoms with Crippen LogP contribution in [-0.2, 0) is 0 Å². The molecule has 1 unspecified atom stereocenters. The number of hydrogen-bond donors (Lipinski definition) is 1. The van der Waals surface area contributed by atoms with Crippen molar-refractivity contribution < 1.29 is 13.9 Å². The van der Waals surface area contributed by atoms with E-state index >= 15 is 0 Å². The van der Waals surface area contributed by atoms with Crippen LogP contribution in [0.1, 0.15) is 22.9 Å². The zero-order valence-electron chi connectivity index (χ0n) is 12.0. The molecule has 0 spiro atoms. The molecule has 1 N–H and O–H groups in total. The lowest BCUT2D eigenvalue weighted by atomic mass is 9.98. The predicted molar refractivity (Wildman–Crippen MR) is 78.9 cm³/mol. The highest BCUT2D eigenvalue weighted by atomic mass is 35.5. The summed E-state index contributed by atoms with van der Waals surface area (Å²) in [5.41, 5.74) is 2.13. The van der Waals surface area contributed by atoms with E-state index in [1.165, 1.54) is 0 Å². The number of furan rings is 1. The summed E-state index contributed by atoms with van der Waals surface area (Å²) < 4.78 is 16.2. The first-order chi connectivity index (χ1) is 9.60. The number of halogens is 1. The fraction of sp³-hybridized carbons (Fsp3) is 0.333. The Balaban J connectivity index is 2.49. The van der Waals surface area contributed by atoms with Crippen molar-refractivity contribution in [1.29, 1.82) is 0 Å². The minimum absolute atomic E-state index is 0.0951. The van der Waals surface area contributed by atoms with E-state index in [-0.39, 0.29) is 6.04 Å². The Hall–Kier alpha value is -1.65. The maximum absolute atomic E-state index is 5.86. The highest BCUT2D eigenvalue weighted by molar-refractivity contribution is 6.28. The van der Waals surface area contributed by atoms with Gasteiger partial charge in [-0.1, -0.05) is 0 Å². The topological polar surface area (TPSA) is 43.6 Å². The Labute approximate surface area is 123 Å². The van der Waals surface area contributed by atoms with E-state index in [4.69, 9.17) is 25.5 Å². The van der Waals surface area contributed by atoms with Crippen molar-refractivity contribution in [2.24, 2.45) is 0 Å². The zero-order valence-corrected chi connectivity index (χ0v) is 12.7. The molecule has 0 amide bonds. The summed E-state index contributed by atoms with van der Waals surface area (Å²) in [5, 5.41) is 3.60. The summed E-state index contributed by atoms with van der Waals surface area (Å²) in [5.74, 6) is 2.15. The molecule has 1 aromatic heterocycles. The van der Waals surface area contributed by atoms with E-state index in [1.54, 1.807) is 20.3 Å². The monoisotopic (exact) mass is 295 g/mol. The number of nitrogens with one attached hydrogen (secondary N) is 1. The van der Waals surface area contributed by atoms with Gasteiger partial charge in [-0.25, -0.2) is 0 Å². The van der Waals surface area contributed by atoms with E-state index < -0.39 is 0 Å². The maximum atomic E-state index is 5.86. The van der Waals surface area contributed by atoms with Gasteiger partial charge in [-0.3, -0.25) is 0 Å². The number of benzene rings is 1. The van der Waals surface area contributed by atoms with E-state index in [1.807, 2.05) is 32.2 Å². The summed E-state index contributed by atoms with van der Waals surface area (Å²) >= 11 is 5.86. The van der Waals surface area contributed by atoms with Crippen molar-refractivity contribution in [2.45, 2.75) is 13.0 Å². The second-order valence-corrected chi connectivity index (χ2v) is 4.80. The van der Waals surface area contributed by atoms with Crippen molar-refractivity contribution in [2.75, 3.05) is 21.3 Å². The number of methoxy groups -OCH3 is 2. The number of ether oxygens (including phenoxy) is 2. The van der Waals surface area contributed by atoms with Crippen molar-refractivity contribution in [3.05, 3.63) is 46.4 Å². The van der Waals surface area contributed by atoms with Gasteiger partial charge in [-0.2, -0.15) is 0 Å². The van der Waals surface area contributed by atoms with Gasteiger partial charge in [0.15, 0.2) is 16.7 Å². The van der Waals surface area contributed by atoms with E-state index in [0.717, 1.165) is 16.9 Å². The van der Waals surface area contributed by atoms with Crippen LogP contribution < -0.4 is 14.8 Å². The standard InChI is InChI=1S/C15H18ClNO3/c1-9-7-12(18-3)13(19-4)8-10(9)15(17-2)11-5-6-14(16)20-11/h5-8,15,17H,1-4H3. The van der Waals surface area contributed by atoms with Crippen LogP contribution in [0.3, 0.4) is 0 Å². The van der Waals surface area contributed by atoms with Crippen LogP contribution in [0.4, 0.5) is 0 Å². The van der Waals surface area contributed by atoms with E-state index in [9.17, 15) is 0 Å². The van der Waals surface area contributed by atoms with Crippen LogP contribution in [0, 0.1) is 6.92 Å². The molecule has 0 aliphatic rings. The van der Waals surface area contributed by atoms with Crippen LogP contribution in [0.25, 0.3) is 0 Å². The first-order valence-corrected chi connectivity index (χ1v) is 6.63. The van der Waals surface area contributed by atoms with Crippen molar-refractivity contribution in [3.8, 4) is 11.5 Å². The van der Waals surface area contributed by atoms with Gasteiger partial charge in [0.2, 0.25) is 0 Å². The van der Waals surface area contributed by atoms with Crippen molar-refractivity contribution in [1.82, 2.24) is 5.32 Å². The molecular formula is C15H18ClNO3. The SMILES string of the molecule is CNC(c1ccc(Cl)o1)c1cc(OC)c(OC)cc1C. The van der Waals surface area contributed by atoms with Gasteiger partial charge in [0.25, 0.3) is 0 Å². The lowest BCUT2D eigenvalue weighted by Crippen LogP contribution is -2.18. The summed E-state index contributed by atoms with van der Waals surface area (Å²) in [7, 11) is 5.12. The smallest absolute Gasteiger partial charge is 0.193 e. The molecule has 2 rings (SSSR count). The van der Waals surface area contributed by atoms with E-state index in [0.29, 0.717) is 16.7 Å². The molecule has 0 fully saturated rings. The fourth-order valence-electron chi connectivity index (χ4n) is 2.24. The van der Waals surface area contributed by atoms with Gasteiger partial charge in [-0.05, 0) is 61.0 Å². The lowest BCUT2D eigenvalue weighted by molar-refractivity contribution is 0.353. The molecule has 108 valence electrons. The van der Waals surface area contributed by atoms with Gasteiger partial charge in [0.05, 0.1) is 20.3 Å². The van der Waals surface area contributed by atoms with Gasteiger partial charge in [0, 0.05) is 0 Å². The molecule has 0 saturated carbocycles. The van der Waals surface area contributed by atoms with Crippen molar-refractivity contribution >= 4 is 11.6 Å². The molecule has 5 heteroatoms. The predicted octanol–water partition coefficient (Wildman–Crippen LogP) is 3.57. The highest BCUT2D eigenvalue weighted by Gasteiger charge is 2.20. The molecule has 1 aromatic carbocycles. The Morgan fingerprint density at radius 1 is 1.15 bits per heavy atom. The normalized spacial score (nSPS) is 12.2. The van der Waals surface area contributed by atoms with Crippen LogP contribution in [0.5, 0.6) is 11.5 Å². The Bertz CT molecular complexity index is 595. The number of hydrogen-bond acceptors (Lipinski definition) is 4. The summed E-state index contributed by atoms with van der Waals surface area (Å²) in [6, 6.07) is 7.40. The maximum Gasteiger partial charge on any atom is 0.193 e. The summed E-state index contributed by atoms with van der Waals surface area (Å²) in [6.45, 7) is 2.02. The number of aryl methyl sites for hydroxylation is 1. The molecule has 2 aromatic rings. The molecule has 4 nitrogen and oxygen atoms in total. The van der Waals surface area contributed by atoms with Crippen LogP contribution in [-0.4, -0.2) is 21.3 Å². The molecule has 0 bridgehead atoms. The third-order valence-corrected chi connectivity index (χ3v) is 3.45. The summed E-state index contributed by atoms with van der Waals surface area (Å²) in [6.07, 6.45) is 0. The largest absolute Gasteiger partial charge is 0.493 e. The minimum Gasteiger partial charge on any atom is -0.493 e. The molecule has 0 aliphatic heterocycles. The minimum atomic E-state index is -0.0951. The first-order valence-electron chi connectivity index (χ1n) is 6.25. The molecule has 0 saturated heterocycles. The molecule has 0 aliphatic carbocycles. The first kappa shape index (κ1) is 14.8. The third kappa shape index (κ3) is 2.76. The average Bonchev–Trinajstić information content (AvgIpc) is 2.87. The molecule has 20 heavy (non-hydrogen) atoms. The van der Waals surface area contributed by atoms with Gasteiger partial charge in [0.1, 0.15) is 5.76 Å².